The molecule has 0 spiro atoms. The number of nitrogens with zero attached hydrogens (tertiary/aromatic N) is 2. The number of hydrogen-bond acceptors (Lipinski definition) is 4. The minimum absolute atomic E-state index is 0.0274. The molecule has 0 saturated carbocycles. The third-order valence-corrected chi connectivity index (χ3v) is 3.75. The highest BCUT2D eigenvalue weighted by molar-refractivity contribution is 5.97. The number of aromatic nitrogens is 1. The van der Waals surface area contributed by atoms with Crippen LogP contribution in [0.3, 0.4) is 0 Å². The lowest BCUT2D eigenvalue weighted by atomic mass is 9.98. The minimum atomic E-state index is -4.53. The fourth-order valence-electron chi connectivity index (χ4n) is 2.08. The Labute approximate surface area is 159 Å². The molecule has 2 rings (SSSR count). The van der Waals surface area contributed by atoms with Crippen molar-refractivity contribution in [2.75, 3.05) is 0 Å². The van der Waals surface area contributed by atoms with Gasteiger partial charge in [0.25, 0.3) is 5.56 Å². The van der Waals surface area contributed by atoms with Gasteiger partial charge in [0.2, 0.25) is 0 Å². The maximum Gasteiger partial charge on any atom is 0.417 e. The van der Waals surface area contributed by atoms with Crippen LogP contribution in [-0.2, 0) is 22.4 Å². The second-order valence-corrected chi connectivity index (χ2v) is 7.18. The van der Waals surface area contributed by atoms with Crippen LogP contribution in [0.15, 0.2) is 52.5 Å². The maximum absolute atomic E-state index is 12.8. The summed E-state index contributed by atoms with van der Waals surface area (Å²) in [5.41, 5.74) is 4.64. The van der Waals surface area contributed by atoms with Gasteiger partial charge < -0.3 is 15.1 Å². The Morgan fingerprint density at radius 2 is 1.71 bits per heavy atom. The number of amidine groups is 1. The molecule has 2 N–H and O–H groups in total. The van der Waals surface area contributed by atoms with E-state index in [1.807, 2.05) is 0 Å². The van der Waals surface area contributed by atoms with Gasteiger partial charge in [-0.15, -0.1) is 0 Å². The number of oxime groups is 1. The van der Waals surface area contributed by atoms with Gasteiger partial charge in [-0.25, -0.2) is 4.79 Å². The molecule has 0 radical (unpaired) electrons. The van der Waals surface area contributed by atoms with Crippen LogP contribution in [0.25, 0.3) is 0 Å². The summed E-state index contributed by atoms with van der Waals surface area (Å²) >= 11 is 0. The van der Waals surface area contributed by atoms with Crippen LogP contribution < -0.4 is 11.3 Å². The van der Waals surface area contributed by atoms with Crippen LogP contribution in [0.2, 0.25) is 0 Å². The van der Waals surface area contributed by atoms with E-state index in [0.29, 0.717) is 11.1 Å². The van der Waals surface area contributed by atoms with Crippen molar-refractivity contribution in [1.29, 1.82) is 0 Å². The van der Waals surface area contributed by atoms with Crippen molar-refractivity contribution in [3.8, 4) is 0 Å². The summed E-state index contributed by atoms with van der Waals surface area (Å²) < 4.78 is 39.4. The molecule has 0 atom stereocenters. The maximum atomic E-state index is 12.8. The monoisotopic (exact) mass is 395 g/mol. The zero-order valence-corrected chi connectivity index (χ0v) is 15.6. The topological polar surface area (TPSA) is 86.7 Å². The Morgan fingerprint density at radius 1 is 1.11 bits per heavy atom. The summed E-state index contributed by atoms with van der Waals surface area (Å²) in [6.07, 6.45) is -3.76. The van der Waals surface area contributed by atoms with E-state index in [-0.39, 0.29) is 12.4 Å². The molecule has 0 saturated heterocycles. The second-order valence-electron chi connectivity index (χ2n) is 7.18. The zero-order chi connectivity index (χ0) is 21.1. The van der Waals surface area contributed by atoms with Gasteiger partial charge in [0, 0.05) is 17.8 Å². The van der Waals surface area contributed by atoms with E-state index in [1.165, 1.54) is 0 Å². The van der Waals surface area contributed by atoms with Crippen molar-refractivity contribution in [1.82, 2.24) is 4.57 Å². The molecule has 0 bridgehead atoms. The van der Waals surface area contributed by atoms with Gasteiger partial charge in [0.15, 0.2) is 5.84 Å². The van der Waals surface area contributed by atoms with E-state index in [4.69, 9.17) is 10.6 Å². The number of nitrogens with two attached hydrogens (primary N) is 1. The number of carbonyl (C=O) groups is 1. The van der Waals surface area contributed by atoms with Crippen molar-refractivity contribution in [2.24, 2.45) is 16.3 Å². The molecule has 1 heterocycles. The van der Waals surface area contributed by atoms with Crippen molar-refractivity contribution in [3.05, 3.63) is 69.6 Å². The fourth-order valence-corrected chi connectivity index (χ4v) is 2.08. The molecule has 0 aliphatic rings. The number of hydrogen-bond donors (Lipinski definition) is 1. The van der Waals surface area contributed by atoms with Gasteiger partial charge in [-0.05, 0) is 32.4 Å². The standard InChI is InChI=1S/C19H20F3N3O3/c1-18(2,3)17(27)28-24-16(23)13-6-4-12(5-7-13)10-25-11-14(19(20,21)22)8-9-15(25)26/h4-9,11H,10H2,1-3H3,(H2,23,24). The molecule has 1 aromatic heterocycles. The van der Waals surface area contributed by atoms with Gasteiger partial charge in [-0.1, -0.05) is 29.4 Å². The van der Waals surface area contributed by atoms with Crippen LogP contribution in [0.1, 0.15) is 37.5 Å². The molecule has 0 amide bonds. The second kappa shape index (κ2) is 7.87. The molecule has 0 aliphatic heterocycles. The first-order valence-corrected chi connectivity index (χ1v) is 8.30. The molecule has 6 nitrogen and oxygen atoms in total. The van der Waals surface area contributed by atoms with Gasteiger partial charge in [-0.3, -0.25) is 4.79 Å². The Morgan fingerprint density at radius 3 is 2.25 bits per heavy atom. The van der Waals surface area contributed by atoms with Crippen LogP contribution in [0.5, 0.6) is 0 Å². The number of benzene rings is 1. The Balaban J connectivity index is 2.15. The lowest BCUT2D eigenvalue weighted by molar-refractivity contribution is -0.152. The number of carbonyl (C=O) groups excluding carboxylic acids is 1. The van der Waals surface area contributed by atoms with Crippen molar-refractivity contribution in [2.45, 2.75) is 33.5 Å². The Hall–Kier alpha value is -3.10. The lowest BCUT2D eigenvalue weighted by Gasteiger charge is -2.13. The van der Waals surface area contributed by atoms with Crippen molar-refractivity contribution in [3.63, 3.8) is 0 Å². The summed E-state index contributed by atoms with van der Waals surface area (Å²) in [5, 5.41) is 3.59. The summed E-state index contributed by atoms with van der Waals surface area (Å²) in [5.74, 6) is -0.573. The zero-order valence-electron chi connectivity index (χ0n) is 15.6. The highest BCUT2D eigenvalue weighted by atomic mass is 19.4. The van der Waals surface area contributed by atoms with E-state index >= 15 is 0 Å². The first-order chi connectivity index (χ1) is 12.9. The molecule has 28 heavy (non-hydrogen) atoms. The van der Waals surface area contributed by atoms with Crippen molar-refractivity contribution >= 4 is 11.8 Å². The van der Waals surface area contributed by atoms with E-state index < -0.39 is 28.7 Å². The average molecular weight is 395 g/mol. The molecular weight excluding hydrogens is 375 g/mol. The quantitative estimate of drug-likeness (QED) is 0.373. The molecule has 9 heteroatoms. The third-order valence-electron chi connectivity index (χ3n) is 3.75. The SMILES string of the molecule is CC(C)(C)C(=O)ON=C(N)c1ccc(Cn2cc(C(F)(F)F)ccc2=O)cc1. The lowest BCUT2D eigenvalue weighted by Crippen LogP contribution is -2.23. The van der Waals surface area contributed by atoms with E-state index in [9.17, 15) is 22.8 Å². The smallest absolute Gasteiger partial charge is 0.380 e. The minimum Gasteiger partial charge on any atom is -0.380 e. The first kappa shape index (κ1) is 21.2. The highest BCUT2D eigenvalue weighted by Gasteiger charge is 2.31. The summed E-state index contributed by atoms with van der Waals surface area (Å²) in [4.78, 5) is 28.3. The summed E-state index contributed by atoms with van der Waals surface area (Å²) in [6.45, 7) is 4.97. The fraction of sp³-hybridized carbons (Fsp3) is 0.316. The molecule has 0 aliphatic carbocycles. The van der Waals surface area contributed by atoms with Crippen LogP contribution in [0.4, 0.5) is 13.2 Å². The van der Waals surface area contributed by atoms with E-state index in [2.05, 4.69) is 5.16 Å². The molecule has 150 valence electrons. The predicted octanol–water partition coefficient (Wildman–Crippen LogP) is 3.13. The van der Waals surface area contributed by atoms with Crippen LogP contribution in [0, 0.1) is 5.41 Å². The Kier molecular flexibility index (Phi) is 5.96. The van der Waals surface area contributed by atoms with Gasteiger partial charge >= 0.3 is 12.1 Å². The largest absolute Gasteiger partial charge is 0.417 e. The molecule has 1 aromatic carbocycles. The van der Waals surface area contributed by atoms with Crippen molar-refractivity contribution < 1.29 is 22.8 Å². The number of alkyl halides is 3. The summed E-state index contributed by atoms with van der Waals surface area (Å²) in [6, 6.07) is 7.95. The Bertz CT molecular complexity index is 940. The van der Waals surface area contributed by atoms with Crippen LogP contribution >= 0.6 is 0 Å². The van der Waals surface area contributed by atoms with Gasteiger partial charge in [-0.2, -0.15) is 13.2 Å². The van der Waals surface area contributed by atoms with Gasteiger partial charge in [0.05, 0.1) is 17.5 Å². The average Bonchev–Trinajstić information content (AvgIpc) is 2.60. The summed E-state index contributed by atoms with van der Waals surface area (Å²) in [7, 11) is 0. The highest BCUT2D eigenvalue weighted by Crippen LogP contribution is 2.28. The first-order valence-electron chi connectivity index (χ1n) is 8.30. The van der Waals surface area contributed by atoms with Crippen LogP contribution in [-0.4, -0.2) is 16.4 Å². The molecular formula is C19H20F3N3O3. The predicted molar refractivity (Wildman–Crippen MR) is 97.5 cm³/mol. The van der Waals surface area contributed by atoms with Gasteiger partial charge in [0.1, 0.15) is 0 Å². The molecule has 2 aromatic rings. The number of rotatable bonds is 4. The molecule has 0 fully saturated rings. The number of pyridine rings is 1. The molecule has 0 unspecified atom stereocenters. The van der Waals surface area contributed by atoms with E-state index in [1.54, 1.807) is 45.0 Å². The number of halogens is 3. The normalized spacial score (nSPS) is 12.7. The third kappa shape index (κ3) is 5.45. The van der Waals surface area contributed by atoms with E-state index in [0.717, 1.165) is 22.9 Å².